The van der Waals surface area contributed by atoms with Gasteiger partial charge in [-0.25, -0.2) is 18.2 Å². The van der Waals surface area contributed by atoms with Crippen LogP contribution in [0.3, 0.4) is 0 Å². The lowest BCUT2D eigenvalue weighted by Crippen LogP contribution is -2.20. The highest BCUT2D eigenvalue weighted by Crippen LogP contribution is 2.36. The first-order valence-corrected chi connectivity index (χ1v) is 13.9. The Morgan fingerprint density at radius 3 is 2.53 bits per heavy atom. The number of rotatable bonds is 9. The molecular formula is C29H26N2O6S. The van der Waals surface area contributed by atoms with E-state index in [1.54, 1.807) is 24.7 Å². The Bertz CT molecular complexity index is 1580. The molecule has 0 aliphatic heterocycles. The highest BCUT2D eigenvalue weighted by atomic mass is 32.2. The first kappa shape index (κ1) is 25.4. The van der Waals surface area contributed by atoms with Crippen LogP contribution in [0.1, 0.15) is 56.4 Å². The number of carboxylic acids is 1. The Labute approximate surface area is 220 Å². The minimum atomic E-state index is -4.10. The predicted molar refractivity (Wildman–Crippen MR) is 140 cm³/mol. The zero-order valence-electron chi connectivity index (χ0n) is 20.5. The quantitative estimate of drug-likeness (QED) is 0.327. The van der Waals surface area contributed by atoms with Gasteiger partial charge in [0.2, 0.25) is 0 Å². The van der Waals surface area contributed by atoms with Gasteiger partial charge in [-0.3, -0.25) is 4.79 Å². The van der Waals surface area contributed by atoms with Crippen LogP contribution in [0.25, 0.3) is 0 Å². The van der Waals surface area contributed by atoms with Gasteiger partial charge >= 0.3 is 5.97 Å². The SMILES string of the molecule is O=C(O)c1ccccc1S(=O)(=O)Cc1c(O[C@H](Cn2ccnc2)c2ccccc2)ccc2c1CCCC2=O. The minimum Gasteiger partial charge on any atom is -0.484 e. The van der Waals surface area contributed by atoms with E-state index in [0.717, 1.165) is 5.56 Å². The molecule has 3 aromatic carbocycles. The summed E-state index contributed by atoms with van der Waals surface area (Å²) in [5.41, 5.74) is 2.12. The summed E-state index contributed by atoms with van der Waals surface area (Å²) in [6.07, 6.45) is 6.22. The lowest BCUT2D eigenvalue weighted by atomic mass is 9.87. The summed E-state index contributed by atoms with van der Waals surface area (Å²) in [6.45, 7) is 0.425. The summed E-state index contributed by atoms with van der Waals surface area (Å²) in [7, 11) is -4.10. The van der Waals surface area contributed by atoms with Crippen molar-refractivity contribution in [1.82, 2.24) is 9.55 Å². The number of carbonyl (C=O) groups excluding carboxylic acids is 1. The highest BCUT2D eigenvalue weighted by Gasteiger charge is 2.30. The number of Topliss-reactive ketones (excluding diaryl/α,β-unsaturated/α-hetero) is 1. The first-order chi connectivity index (χ1) is 18.3. The van der Waals surface area contributed by atoms with Gasteiger partial charge in [0.05, 0.1) is 29.1 Å². The monoisotopic (exact) mass is 530 g/mol. The van der Waals surface area contributed by atoms with Gasteiger partial charge in [0, 0.05) is 29.9 Å². The molecule has 0 saturated heterocycles. The number of imidazole rings is 1. The molecule has 0 amide bonds. The first-order valence-electron chi connectivity index (χ1n) is 12.2. The third-order valence-corrected chi connectivity index (χ3v) is 8.38. The molecule has 1 N–H and O–H groups in total. The molecule has 8 nitrogen and oxygen atoms in total. The molecule has 0 bridgehead atoms. The molecule has 0 radical (unpaired) electrons. The maximum atomic E-state index is 13.6. The Balaban J connectivity index is 1.60. The highest BCUT2D eigenvalue weighted by molar-refractivity contribution is 7.90. The summed E-state index contributed by atoms with van der Waals surface area (Å²) in [6, 6.07) is 18.5. The number of ketones is 1. The van der Waals surface area contributed by atoms with Crippen LogP contribution in [0.15, 0.2) is 90.3 Å². The average molecular weight is 531 g/mol. The van der Waals surface area contributed by atoms with Gasteiger partial charge in [0.1, 0.15) is 11.9 Å². The van der Waals surface area contributed by atoms with Gasteiger partial charge in [-0.1, -0.05) is 42.5 Å². The van der Waals surface area contributed by atoms with E-state index in [2.05, 4.69) is 4.98 Å². The summed E-state index contributed by atoms with van der Waals surface area (Å²) in [5, 5.41) is 9.60. The van der Waals surface area contributed by atoms with Crippen molar-refractivity contribution in [2.75, 3.05) is 0 Å². The summed E-state index contributed by atoms with van der Waals surface area (Å²) >= 11 is 0. The summed E-state index contributed by atoms with van der Waals surface area (Å²) in [4.78, 5) is 28.3. The van der Waals surface area contributed by atoms with E-state index in [-0.39, 0.29) is 16.2 Å². The molecule has 1 aliphatic carbocycles. The number of aromatic nitrogens is 2. The van der Waals surface area contributed by atoms with Crippen LogP contribution >= 0.6 is 0 Å². The lowest BCUT2D eigenvalue weighted by molar-refractivity contribution is 0.0692. The second kappa shape index (κ2) is 10.6. The molecule has 0 fully saturated rings. The Hall–Kier alpha value is -4.24. The second-order valence-electron chi connectivity index (χ2n) is 9.18. The van der Waals surface area contributed by atoms with Crippen molar-refractivity contribution in [1.29, 1.82) is 0 Å². The fraction of sp³-hybridized carbons (Fsp3) is 0.207. The number of sulfone groups is 1. The fourth-order valence-corrected chi connectivity index (χ4v) is 6.48. The number of aromatic carboxylic acids is 1. The number of ether oxygens (including phenoxy) is 1. The van der Waals surface area contributed by atoms with Crippen molar-refractivity contribution in [2.24, 2.45) is 0 Å². The topological polar surface area (TPSA) is 116 Å². The van der Waals surface area contributed by atoms with E-state index in [1.807, 2.05) is 41.1 Å². The largest absolute Gasteiger partial charge is 0.484 e. The Morgan fingerprint density at radius 2 is 1.79 bits per heavy atom. The standard InChI is InChI=1S/C29H26N2O6S/c32-25-11-6-10-21-22(25)13-14-26(24(21)18-38(35,36)28-12-5-4-9-23(28)29(33)34)37-27(17-31-16-15-30-19-31)20-7-2-1-3-8-20/h1-5,7-9,12-16,19,27H,6,10-11,17-18H2,(H,33,34)/t27-/m1/s1. The van der Waals surface area contributed by atoms with Crippen molar-refractivity contribution in [2.45, 2.75) is 42.6 Å². The Morgan fingerprint density at radius 1 is 1.03 bits per heavy atom. The molecule has 4 aromatic rings. The van der Waals surface area contributed by atoms with Crippen LogP contribution < -0.4 is 4.74 Å². The van der Waals surface area contributed by atoms with Gasteiger partial charge < -0.3 is 14.4 Å². The van der Waals surface area contributed by atoms with Gasteiger partial charge in [-0.05, 0) is 48.2 Å². The third kappa shape index (κ3) is 5.24. The van der Waals surface area contributed by atoms with Crippen molar-refractivity contribution in [3.63, 3.8) is 0 Å². The smallest absolute Gasteiger partial charge is 0.337 e. The summed E-state index contributed by atoms with van der Waals surface area (Å²) in [5.74, 6) is -1.50. The molecule has 38 heavy (non-hydrogen) atoms. The number of hydrogen-bond acceptors (Lipinski definition) is 6. The third-order valence-electron chi connectivity index (χ3n) is 6.68. The number of fused-ring (bicyclic) bond motifs is 1. The van der Waals surface area contributed by atoms with Crippen LogP contribution in [-0.2, 0) is 28.6 Å². The number of carbonyl (C=O) groups is 2. The van der Waals surface area contributed by atoms with E-state index in [0.29, 0.717) is 48.2 Å². The molecule has 194 valence electrons. The number of benzene rings is 3. The van der Waals surface area contributed by atoms with Crippen molar-refractivity contribution < 1.29 is 27.9 Å². The van der Waals surface area contributed by atoms with Gasteiger partial charge in [-0.15, -0.1) is 0 Å². The van der Waals surface area contributed by atoms with Gasteiger partial charge in [-0.2, -0.15) is 0 Å². The molecule has 0 spiro atoms. The van der Waals surface area contributed by atoms with E-state index in [9.17, 15) is 23.1 Å². The van der Waals surface area contributed by atoms with Crippen LogP contribution in [0.2, 0.25) is 0 Å². The Kier molecular flexibility index (Phi) is 7.11. The molecule has 0 saturated carbocycles. The fourth-order valence-electron chi connectivity index (χ4n) is 4.85. The molecule has 1 heterocycles. The molecule has 9 heteroatoms. The second-order valence-corrected chi connectivity index (χ2v) is 11.1. The van der Waals surface area contributed by atoms with Crippen LogP contribution in [-0.4, -0.2) is 34.8 Å². The molecule has 0 unspecified atom stereocenters. The maximum Gasteiger partial charge on any atom is 0.337 e. The minimum absolute atomic E-state index is 0.0413. The van der Waals surface area contributed by atoms with Crippen LogP contribution in [0.5, 0.6) is 5.75 Å². The molecular weight excluding hydrogens is 504 g/mol. The lowest BCUT2D eigenvalue weighted by Gasteiger charge is -2.26. The van der Waals surface area contributed by atoms with E-state index in [1.165, 1.54) is 24.3 Å². The zero-order valence-corrected chi connectivity index (χ0v) is 21.3. The summed E-state index contributed by atoms with van der Waals surface area (Å²) < 4.78 is 35.7. The van der Waals surface area contributed by atoms with E-state index in [4.69, 9.17) is 4.74 Å². The maximum absolute atomic E-state index is 13.6. The van der Waals surface area contributed by atoms with Crippen LogP contribution in [0.4, 0.5) is 0 Å². The van der Waals surface area contributed by atoms with Crippen molar-refractivity contribution >= 4 is 21.6 Å². The normalized spacial score (nSPS) is 14.1. The number of carboxylic acid groups (broad SMARTS) is 1. The molecule has 1 aliphatic rings. The number of hydrogen-bond donors (Lipinski definition) is 1. The predicted octanol–water partition coefficient (Wildman–Crippen LogP) is 4.89. The van der Waals surface area contributed by atoms with Gasteiger partial charge in [0.15, 0.2) is 15.6 Å². The van der Waals surface area contributed by atoms with E-state index < -0.39 is 27.7 Å². The van der Waals surface area contributed by atoms with Crippen LogP contribution in [0, 0.1) is 0 Å². The molecule has 5 rings (SSSR count). The molecule has 1 atom stereocenters. The van der Waals surface area contributed by atoms with Crippen molar-refractivity contribution in [3.05, 3.63) is 113 Å². The van der Waals surface area contributed by atoms with Crippen molar-refractivity contribution in [3.8, 4) is 5.75 Å². The number of nitrogens with zero attached hydrogens (tertiary/aromatic N) is 2. The zero-order chi connectivity index (χ0) is 26.7. The average Bonchev–Trinajstić information content (AvgIpc) is 3.43. The van der Waals surface area contributed by atoms with Gasteiger partial charge in [0.25, 0.3) is 0 Å². The molecule has 1 aromatic heterocycles. The van der Waals surface area contributed by atoms with E-state index >= 15 is 0 Å².